The molecule has 0 radical (unpaired) electrons. The van der Waals surface area contributed by atoms with Crippen molar-refractivity contribution in [1.82, 2.24) is 9.55 Å². The van der Waals surface area contributed by atoms with E-state index in [9.17, 15) is 0 Å². The highest BCUT2D eigenvalue weighted by atomic mass is 35.5. The second-order valence-electron chi connectivity index (χ2n) is 5.97. The minimum atomic E-state index is -0.0959. The number of hydrogen-bond acceptors (Lipinski definition) is 2. The Hall–Kier alpha value is -1.06. The van der Waals surface area contributed by atoms with Crippen molar-refractivity contribution in [3.05, 3.63) is 29.6 Å². The Kier molecular flexibility index (Phi) is 3.51. The molecule has 0 saturated carbocycles. The van der Waals surface area contributed by atoms with Crippen molar-refractivity contribution < 1.29 is 4.74 Å². The largest absolute Gasteiger partial charge is 0.381 e. The van der Waals surface area contributed by atoms with Crippen LogP contribution in [0.1, 0.15) is 43.5 Å². The Bertz CT molecular complexity index is 627. The van der Waals surface area contributed by atoms with Crippen molar-refractivity contribution in [2.45, 2.75) is 44.5 Å². The number of hydrogen-bond donors (Lipinski definition) is 0. The van der Waals surface area contributed by atoms with Crippen molar-refractivity contribution in [2.24, 2.45) is 0 Å². The lowest BCUT2D eigenvalue weighted by atomic mass is 9.91. The monoisotopic (exact) mass is 292 g/mol. The second kappa shape index (κ2) is 5.05. The van der Waals surface area contributed by atoms with Crippen LogP contribution in [0.2, 0.25) is 0 Å². The third kappa shape index (κ3) is 2.13. The molecular weight excluding hydrogens is 272 g/mol. The molecule has 1 atom stereocenters. The quantitative estimate of drug-likeness (QED) is 0.777. The van der Waals surface area contributed by atoms with Gasteiger partial charge in [0.15, 0.2) is 0 Å². The van der Waals surface area contributed by atoms with Crippen molar-refractivity contribution in [3.63, 3.8) is 0 Å². The molecule has 1 fully saturated rings. The van der Waals surface area contributed by atoms with Crippen LogP contribution < -0.4 is 0 Å². The maximum Gasteiger partial charge on any atom is 0.128 e. The molecule has 2 heterocycles. The van der Waals surface area contributed by atoms with Crippen molar-refractivity contribution >= 4 is 22.6 Å². The fourth-order valence-electron chi connectivity index (χ4n) is 3.16. The van der Waals surface area contributed by atoms with Gasteiger partial charge in [0.1, 0.15) is 5.82 Å². The van der Waals surface area contributed by atoms with Gasteiger partial charge < -0.3 is 9.30 Å². The van der Waals surface area contributed by atoms with Gasteiger partial charge in [0.25, 0.3) is 0 Å². The Balaban J connectivity index is 2.28. The molecule has 1 aromatic heterocycles. The van der Waals surface area contributed by atoms with Crippen LogP contribution in [-0.2, 0) is 10.3 Å². The van der Waals surface area contributed by atoms with Gasteiger partial charge in [-0.05, 0) is 45.2 Å². The molecule has 4 heteroatoms. The van der Waals surface area contributed by atoms with Gasteiger partial charge in [-0.25, -0.2) is 4.98 Å². The fraction of sp³-hybridized carbons (Fsp3) is 0.562. The fourth-order valence-corrected chi connectivity index (χ4v) is 3.31. The summed E-state index contributed by atoms with van der Waals surface area (Å²) in [5, 5.41) is -0.0959. The van der Waals surface area contributed by atoms with Crippen LogP contribution in [0.4, 0.5) is 0 Å². The smallest absolute Gasteiger partial charge is 0.128 e. The van der Waals surface area contributed by atoms with Crippen molar-refractivity contribution in [2.75, 3.05) is 13.2 Å². The highest BCUT2D eigenvalue weighted by Crippen LogP contribution is 2.37. The van der Waals surface area contributed by atoms with Crippen LogP contribution in [0.5, 0.6) is 0 Å². The van der Waals surface area contributed by atoms with E-state index in [1.54, 1.807) is 0 Å². The average molecular weight is 293 g/mol. The third-order valence-corrected chi connectivity index (χ3v) is 4.56. The van der Waals surface area contributed by atoms with Gasteiger partial charge in [-0.15, -0.1) is 11.6 Å². The first-order valence-corrected chi connectivity index (χ1v) is 7.67. The summed E-state index contributed by atoms with van der Waals surface area (Å²) in [6.45, 7) is 8.05. The predicted molar refractivity (Wildman–Crippen MR) is 82.4 cm³/mol. The minimum Gasteiger partial charge on any atom is -0.381 e. The van der Waals surface area contributed by atoms with E-state index in [1.807, 2.05) is 6.92 Å². The summed E-state index contributed by atoms with van der Waals surface area (Å²) in [4.78, 5) is 4.78. The molecule has 1 unspecified atom stereocenters. The topological polar surface area (TPSA) is 27.1 Å². The Morgan fingerprint density at radius 1 is 1.35 bits per heavy atom. The summed E-state index contributed by atoms with van der Waals surface area (Å²) in [6.07, 6.45) is 2.01. The van der Waals surface area contributed by atoms with Gasteiger partial charge in [0.2, 0.25) is 0 Å². The number of ether oxygens (including phenoxy) is 1. The molecule has 1 aliphatic rings. The molecule has 0 spiro atoms. The average Bonchev–Trinajstić information content (AvgIpc) is 2.81. The molecule has 108 valence electrons. The number of benzene rings is 1. The van der Waals surface area contributed by atoms with Crippen LogP contribution in [0.3, 0.4) is 0 Å². The Morgan fingerprint density at radius 3 is 2.70 bits per heavy atom. The van der Waals surface area contributed by atoms with Gasteiger partial charge in [-0.3, -0.25) is 0 Å². The van der Waals surface area contributed by atoms with Crippen LogP contribution in [0, 0.1) is 6.92 Å². The summed E-state index contributed by atoms with van der Waals surface area (Å²) in [7, 11) is 0. The third-order valence-electron chi connectivity index (χ3n) is 4.37. The highest BCUT2D eigenvalue weighted by Gasteiger charge is 2.34. The molecule has 1 aromatic carbocycles. The first kappa shape index (κ1) is 13.9. The number of halogens is 1. The number of rotatable bonds is 2. The van der Waals surface area contributed by atoms with E-state index in [0.717, 1.165) is 37.4 Å². The number of imidazole rings is 1. The van der Waals surface area contributed by atoms with Gasteiger partial charge in [-0.1, -0.05) is 12.1 Å². The van der Waals surface area contributed by atoms with E-state index < -0.39 is 0 Å². The van der Waals surface area contributed by atoms with Crippen LogP contribution >= 0.6 is 11.6 Å². The van der Waals surface area contributed by atoms with Crippen molar-refractivity contribution in [3.8, 4) is 0 Å². The number of aromatic nitrogens is 2. The molecule has 1 saturated heterocycles. The molecule has 0 N–H and O–H groups in total. The molecule has 0 bridgehead atoms. The lowest BCUT2D eigenvalue weighted by Gasteiger charge is -2.37. The van der Waals surface area contributed by atoms with E-state index >= 15 is 0 Å². The molecule has 0 aliphatic carbocycles. The molecule has 3 rings (SSSR count). The first-order chi connectivity index (χ1) is 9.53. The summed E-state index contributed by atoms with van der Waals surface area (Å²) in [6, 6.07) is 6.28. The first-order valence-electron chi connectivity index (χ1n) is 7.23. The van der Waals surface area contributed by atoms with E-state index in [2.05, 4.69) is 36.6 Å². The van der Waals surface area contributed by atoms with Gasteiger partial charge in [0, 0.05) is 18.8 Å². The number of para-hydroxylation sites is 1. The zero-order chi connectivity index (χ0) is 14.3. The molecule has 1 aliphatic heterocycles. The van der Waals surface area contributed by atoms with Crippen molar-refractivity contribution in [1.29, 1.82) is 0 Å². The summed E-state index contributed by atoms with van der Waals surface area (Å²) in [5.74, 6) is 0.973. The molecular formula is C16H21ClN2O. The lowest BCUT2D eigenvalue weighted by Crippen LogP contribution is -2.38. The molecule has 2 aromatic rings. The second-order valence-corrected chi connectivity index (χ2v) is 6.63. The summed E-state index contributed by atoms with van der Waals surface area (Å²) >= 11 is 6.40. The summed E-state index contributed by atoms with van der Waals surface area (Å²) < 4.78 is 7.91. The van der Waals surface area contributed by atoms with Gasteiger partial charge in [-0.2, -0.15) is 0 Å². The van der Waals surface area contributed by atoms with Crippen LogP contribution in [-0.4, -0.2) is 22.8 Å². The molecule has 0 amide bonds. The number of fused-ring (bicyclic) bond motifs is 1. The lowest BCUT2D eigenvalue weighted by molar-refractivity contribution is 0.0300. The van der Waals surface area contributed by atoms with E-state index in [4.69, 9.17) is 21.3 Å². The number of aryl methyl sites for hydroxylation is 1. The minimum absolute atomic E-state index is 0.0393. The molecule has 20 heavy (non-hydrogen) atoms. The maximum atomic E-state index is 6.40. The normalized spacial score (nSPS) is 20.2. The standard InChI is InChI=1S/C16H21ClN2O/c1-11-5-4-6-13-14(11)19(15(18-13)12(2)17)16(3)7-9-20-10-8-16/h4-6,12H,7-10H2,1-3H3. The Morgan fingerprint density at radius 2 is 2.05 bits per heavy atom. The van der Waals surface area contributed by atoms with E-state index in [1.165, 1.54) is 11.1 Å². The van der Waals surface area contributed by atoms with Crippen LogP contribution in [0.25, 0.3) is 11.0 Å². The van der Waals surface area contributed by atoms with Gasteiger partial charge >= 0.3 is 0 Å². The van der Waals surface area contributed by atoms with Gasteiger partial charge in [0.05, 0.1) is 16.4 Å². The SMILES string of the molecule is Cc1cccc2nc(C(C)Cl)n(C3(C)CCOCC3)c12. The van der Waals surface area contributed by atoms with Crippen LogP contribution in [0.15, 0.2) is 18.2 Å². The summed E-state index contributed by atoms with van der Waals surface area (Å²) in [5.41, 5.74) is 3.56. The zero-order valence-corrected chi connectivity index (χ0v) is 13.1. The Labute approximate surface area is 124 Å². The maximum absolute atomic E-state index is 6.40. The predicted octanol–water partition coefficient (Wildman–Crippen LogP) is 4.17. The van der Waals surface area contributed by atoms with E-state index in [0.29, 0.717) is 0 Å². The highest BCUT2D eigenvalue weighted by molar-refractivity contribution is 6.20. The number of nitrogens with zero attached hydrogens (tertiary/aromatic N) is 2. The zero-order valence-electron chi connectivity index (χ0n) is 12.3. The number of alkyl halides is 1. The molecule has 3 nitrogen and oxygen atoms in total. The van der Waals surface area contributed by atoms with E-state index in [-0.39, 0.29) is 10.9 Å².